The molecule has 1 aromatic carbocycles. The highest BCUT2D eigenvalue weighted by molar-refractivity contribution is 7.97. The molecule has 0 spiro atoms. The Labute approximate surface area is 157 Å². The maximum Gasteiger partial charge on any atom is 0.291 e. The van der Waals surface area contributed by atoms with Crippen molar-refractivity contribution in [3.8, 4) is 0 Å². The minimum atomic E-state index is -0.582. The van der Waals surface area contributed by atoms with E-state index in [2.05, 4.69) is 4.31 Å². The van der Waals surface area contributed by atoms with Crippen LogP contribution in [0.5, 0.6) is 0 Å². The van der Waals surface area contributed by atoms with E-state index in [4.69, 9.17) is 0 Å². The van der Waals surface area contributed by atoms with Crippen LogP contribution in [0.2, 0.25) is 0 Å². The number of nitro groups is 2. The van der Waals surface area contributed by atoms with Crippen LogP contribution >= 0.6 is 11.9 Å². The molecule has 0 bridgehead atoms. The van der Waals surface area contributed by atoms with Gasteiger partial charge in [-0.1, -0.05) is 38.5 Å². The van der Waals surface area contributed by atoms with Gasteiger partial charge in [-0.15, -0.1) is 0 Å². The third-order valence-corrected chi connectivity index (χ3v) is 6.77. The van der Waals surface area contributed by atoms with Gasteiger partial charge in [-0.05, 0) is 43.7 Å². The standard InChI is InChI=1S/C18H25N3O4S/c22-20(23)16-11-12-18(17(13-16)21(24)25)26-19(14-7-3-1-4-8-14)15-9-5-2-6-10-15/h11-15H,1-10H2. The molecule has 2 fully saturated rings. The minimum absolute atomic E-state index is 0.166. The predicted molar refractivity (Wildman–Crippen MR) is 101 cm³/mol. The molecule has 142 valence electrons. The topological polar surface area (TPSA) is 89.5 Å². The Kier molecular flexibility index (Phi) is 6.48. The van der Waals surface area contributed by atoms with Crippen LogP contribution in [0.25, 0.3) is 0 Å². The number of rotatable bonds is 6. The van der Waals surface area contributed by atoms with E-state index < -0.39 is 9.85 Å². The molecule has 3 rings (SSSR count). The van der Waals surface area contributed by atoms with Gasteiger partial charge in [-0.25, -0.2) is 4.31 Å². The van der Waals surface area contributed by atoms with Crippen LogP contribution in [0.3, 0.4) is 0 Å². The van der Waals surface area contributed by atoms with Crippen LogP contribution in [0, 0.1) is 20.2 Å². The number of non-ortho nitro benzene ring substituents is 1. The van der Waals surface area contributed by atoms with Crippen molar-refractivity contribution in [2.45, 2.75) is 81.2 Å². The zero-order valence-corrected chi connectivity index (χ0v) is 15.7. The molecule has 0 aliphatic heterocycles. The van der Waals surface area contributed by atoms with Crippen molar-refractivity contribution in [1.29, 1.82) is 0 Å². The Balaban J connectivity index is 1.87. The average molecular weight is 379 g/mol. The molecule has 2 saturated carbocycles. The van der Waals surface area contributed by atoms with Crippen LogP contribution in [0.15, 0.2) is 23.1 Å². The molecule has 0 atom stereocenters. The lowest BCUT2D eigenvalue weighted by Crippen LogP contribution is -2.40. The molecule has 0 unspecified atom stereocenters. The summed E-state index contributed by atoms with van der Waals surface area (Å²) in [5, 5.41) is 22.5. The lowest BCUT2D eigenvalue weighted by atomic mass is 9.91. The van der Waals surface area contributed by atoms with Crippen LogP contribution in [-0.4, -0.2) is 26.2 Å². The van der Waals surface area contributed by atoms with E-state index in [1.54, 1.807) is 6.07 Å². The van der Waals surface area contributed by atoms with Gasteiger partial charge in [0.05, 0.1) is 15.9 Å². The molecule has 8 heteroatoms. The highest BCUT2D eigenvalue weighted by Crippen LogP contribution is 2.41. The monoisotopic (exact) mass is 379 g/mol. The van der Waals surface area contributed by atoms with E-state index in [-0.39, 0.29) is 11.4 Å². The first-order chi connectivity index (χ1) is 12.6. The second kappa shape index (κ2) is 8.81. The van der Waals surface area contributed by atoms with Crippen molar-refractivity contribution in [3.63, 3.8) is 0 Å². The Bertz CT molecular complexity index is 640. The summed E-state index contributed by atoms with van der Waals surface area (Å²) in [6.45, 7) is 0. The van der Waals surface area contributed by atoms with Gasteiger partial charge in [0.1, 0.15) is 4.90 Å². The molecule has 0 N–H and O–H groups in total. The van der Waals surface area contributed by atoms with Crippen LogP contribution in [-0.2, 0) is 0 Å². The van der Waals surface area contributed by atoms with E-state index in [9.17, 15) is 20.2 Å². The zero-order valence-electron chi connectivity index (χ0n) is 14.8. The molecule has 2 aliphatic carbocycles. The SMILES string of the molecule is O=[N+]([O-])c1ccc(SN(C2CCCCC2)C2CCCCC2)c([N+](=O)[O-])c1. The first-order valence-corrected chi connectivity index (χ1v) is 10.2. The fourth-order valence-corrected chi connectivity index (χ4v) is 5.37. The van der Waals surface area contributed by atoms with Gasteiger partial charge >= 0.3 is 0 Å². The smallest absolute Gasteiger partial charge is 0.258 e. The van der Waals surface area contributed by atoms with Crippen molar-refractivity contribution in [2.24, 2.45) is 0 Å². The van der Waals surface area contributed by atoms with E-state index in [0.717, 1.165) is 31.7 Å². The number of hydrogen-bond donors (Lipinski definition) is 0. The molecule has 26 heavy (non-hydrogen) atoms. The highest BCUT2D eigenvalue weighted by atomic mass is 32.2. The molecule has 0 amide bonds. The summed E-state index contributed by atoms with van der Waals surface area (Å²) in [5.74, 6) is 0. The number of hydrogen-bond acceptors (Lipinski definition) is 6. The second-order valence-electron chi connectivity index (χ2n) is 7.20. The van der Waals surface area contributed by atoms with Crippen LogP contribution < -0.4 is 0 Å². The van der Waals surface area contributed by atoms with Gasteiger partial charge < -0.3 is 0 Å². The number of nitro benzene ring substituents is 2. The average Bonchev–Trinajstić information content (AvgIpc) is 2.67. The number of benzene rings is 1. The van der Waals surface area contributed by atoms with Crippen molar-refractivity contribution >= 4 is 23.3 Å². The maximum atomic E-state index is 11.5. The van der Waals surface area contributed by atoms with Crippen molar-refractivity contribution in [1.82, 2.24) is 4.31 Å². The predicted octanol–water partition coefficient (Wildman–Crippen LogP) is 5.48. The Morgan fingerprint density at radius 3 is 1.85 bits per heavy atom. The molecule has 0 aromatic heterocycles. The van der Waals surface area contributed by atoms with E-state index >= 15 is 0 Å². The quantitative estimate of drug-likeness (QED) is 0.369. The molecule has 0 saturated heterocycles. The van der Waals surface area contributed by atoms with Gasteiger partial charge in [0.2, 0.25) is 0 Å². The van der Waals surface area contributed by atoms with Crippen molar-refractivity contribution < 1.29 is 9.85 Å². The van der Waals surface area contributed by atoms with Gasteiger partial charge in [-0.3, -0.25) is 20.2 Å². The zero-order chi connectivity index (χ0) is 18.5. The summed E-state index contributed by atoms with van der Waals surface area (Å²) >= 11 is 1.45. The molecule has 1 aromatic rings. The van der Waals surface area contributed by atoms with Crippen LogP contribution in [0.1, 0.15) is 64.2 Å². The summed E-state index contributed by atoms with van der Waals surface area (Å²) in [6, 6.07) is 4.87. The molecular weight excluding hydrogens is 354 g/mol. The van der Waals surface area contributed by atoms with Crippen molar-refractivity contribution in [2.75, 3.05) is 0 Å². The summed E-state index contributed by atoms with van der Waals surface area (Å²) in [7, 11) is 0. The third-order valence-electron chi connectivity index (χ3n) is 5.42. The maximum absolute atomic E-state index is 11.5. The Morgan fingerprint density at radius 2 is 1.38 bits per heavy atom. The van der Waals surface area contributed by atoms with E-state index in [1.807, 2.05) is 0 Å². The van der Waals surface area contributed by atoms with Gasteiger partial charge in [0.15, 0.2) is 0 Å². The normalized spacial score (nSPS) is 19.6. The molecule has 2 aliphatic rings. The van der Waals surface area contributed by atoms with E-state index in [1.165, 1.54) is 56.5 Å². The van der Waals surface area contributed by atoms with Gasteiger partial charge in [0, 0.05) is 18.2 Å². The van der Waals surface area contributed by atoms with Gasteiger partial charge in [-0.2, -0.15) is 0 Å². The van der Waals surface area contributed by atoms with Crippen molar-refractivity contribution in [3.05, 3.63) is 38.4 Å². The fourth-order valence-electron chi connectivity index (χ4n) is 4.07. The highest BCUT2D eigenvalue weighted by Gasteiger charge is 2.32. The lowest BCUT2D eigenvalue weighted by Gasteiger charge is -2.40. The summed E-state index contributed by atoms with van der Waals surface area (Å²) in [5.41, 5.74) is -0.399. The van der Waals surface area contributed by atoms with Gasteiger partial charge in [0.25, 0.3) is 11.4 Å². The Morgan fingerprint density at radius 1 is 0.846 bits per heavy atom. The lowest BCUT2D eigenvalue weighted by molar-refractivity contribution is -0.396. The molecule has 7 nitrogen and oxygen atoms in total. The fraction of sp³-hybridized carbons (Fsp3) is 0.667. The van der Waals surface area contributed by atoms with Crippen LogP contribution in [0.4, 0.5) is 11.4 Å². The largest absolute Gasteiger partial charge is 0.291 e. The first-order valence-electron chi connectivity index (χ1n) is 9.45. The summed E-state index contributed by atoms with van der Waals surface area (Å²) in [6.07, 6.45) is 11.9. The minimum Gasteiger partial charge on any atom is -0.258 e. The summed E-state index contributed by atoms with van der Waals surface area (Å²) < 4.78 is 2.40. The summed E-state index contributed by atoms with van der Waals surface area (Å²) in [4.78, 5) is 21.9. The third kappa shape index (κ3) is 4.54. The van der Waals surface area contributed by atoms with E-state index in [0.29, 0.717) is 17.0 Å². The molecule has 0 heterocycles. The molecular formula is C18H25N3O4S. The second-order valence-corrected chi connectivity index (χ2v) is 8.25. The molecule has 0 radical (unpaired) electrons. The Hall–Kier alpha value is -1.67. The number of nitrogens with zero attached hydrogens (tertiary/aromatic N) is 3. The first kappa shape index (κ1) is 19.1.